The van der Waals surface area contributed by atoms with Crippen molar-refractivity contribution in [2.75, 3.05) is 44.2 Å². The SMILES string of the molecule is CCN1C(=O)C2CCNN2C2CCC(C(=O)N3CCN(c4ccccn4)CC3)CC21. The van der Waals surface area contributed by atoms with Gasteiger partial charge in [-0.15, -0.1) is 0 Å². The maximum absolute atomic E-state index is 13.3. The van der Waals surface area contributed by atoms with Crippen LogP contribution in [0, 0.1) is 5.92 Å². The first-order valence-corrected chi connectivity index (χ1v) is 11.4. The van der Waals surface area contributed by atoms with Gasteiger partial charge in [0.25, 0.3) is 0 Å². The number of aromatic nitrogens is 1. The molecule has 162 valence electrons. The fourth-order valence-electron chi connectivity index (χ4n) is 5.89. The van der Waals surface area contributed by atoms with Gasteiger partial charge in [-0.1, -0.05) is 6.07 Å². The van der Waals surface area contributed by atoms with Crippen LogP contribution in [0.3, 0.4) is 0 Å². The van der Waals surface area contributed by atoms with Gasteiger partial charge in [0.1, 0.15) is 11.9 Å². The van der Waals surface area contributed by atoms with Crippen molar-refractivity contribution in [2.45, 2.75) is 50.7 Å². The second-order valence-corrected chi connectivity index (χ2v) is 8.89. The lowest BCUT2D eigenvalue weighted by Gasteiger charge is -2.52. The normalized spacial score (nSPS) is 32.2. The summed E-state index contributed by atoms with van der Waals surface area (Å²) in [7, 11) is 0. The molecule has 1 aliphatic carbocycles. The third-order valence-electron chi connectivity index (χ3n) is 7.41. The second-order valence-electron chi connectivity index (χ2n) is 8.89. The summed E-state index contributed by atoms with van der Waals surface area (Å²) in [4.78, 5) is 37.1. The zero-order valence-corrected chi connectivity index (χ0v) is 17.7. The van der Waals surface area contributed by atoms with E-state index < -0.39 is 0 Å². The number of likely N-dealkylation sites (N-methyl/N-ethyl adjacent to an activating group) is 1. The Bertz CT molecular complexity index is 781. The van der Waals surface area contributed by atoms with E-state index in [1.807, 2.05) is 29.3 Å². The number of carbonyl (C=O) groups excluding carboxylic acids is 2. The number of nitrogens with zero attached hydrogens (tertiary/aromatic N) is 5. The van der Waals surface area contributed by atoms with Crippen LogP contribution in [0.2, 0.25) is 0 Å². The molecule has 8 nitrogen and oxygen atoms in total. The molecule has 4 aliphatic rings. The molecule has 2 amide bonds. The van der Waals surface area contributed by atoms with Gasteiger partial charge in [0.2, 0.25) is 11.8 Å². The predicted molar refractivity (Wildman–Crippen MR) is 114 cm³/mol. The zero-order valence-electron chi connectivity index (χ0n) is 17.7. The summed E-state index contributed by atoms with van der Waals surface area (Å²) in [6.07, 6.45) is 5.38. The van der Waals surface area contributed by atoms with Crippen LogP contribution in [0.5, 0.6) is 0 Å². The minimum Gasteiger partial charge on any atom is -0.353 e. The molecule has 3 saturated heterocycles. The van der Waals surface area contributed by atoms with Crippen molar-refractivity contribution in [1.82, 2.24) is 25.2 Å². The lowest BCUT2D eigenvalue weighted by atomic mass is 9.78. The number of amides is 2. The molecule has 0 aromatic carbocycles. The van der Waals surface area contributed by atoms with Gasteiger partial charge in [-0.3, -0.25) is 15.0 Å². The van der Waals surface area contributed by atoms with Gasteiger partial charge in [-0.05, 0) is 44.7 Å². The van der Waals surface area contributed by atoms with Gasteiger partial charge in [0.05, 0.1) is 0 Å². The second kappa shape index (κ2) is 8.15. The predicted octanol–water partition coefficient (Wildman–Crippen LogP) is 0.709. The van der Waals surface area contributed by atoms with Gasteiger partial charge in [0, 0.05) is 63.5 Å². The summed E-state index contributed by atoms with van der Waals surface area (Å²) >= 11 is 0. The molecule has 1 aromatic heterocycles. The van der Waals surface area contributed by atoms with Crippen LogP contribution < -0.4 is 10.3 Å². The minimum atomic E-state index is -0.0156. The van der Waals surface area contributed by atoms with Crippen molar-refractivity contribution >= 4 is 17.6 Å². The largest absolute Gasteiger partial charge is 0.353 e. The first kappa shape index (κ1) is 19.8. The monoisotopic (exact) mass is 412 g/mol. The molecule has 4 unspecified atom stereocenters. The van der Waals surface area contributed by atoms with Gasteiger partial charge >= 0.3 is 0 Å². The number of pyridine rings is 1. The smallest absolute Gasteiger partial charge is 0.241 e. The highest BCUT2D eigenvalue weighted by Gasteiger charge is 2.51. The summed E-state index contributed by atoms with van der Waals surface area (Å²) in [5.74, 6) is 1.51. The summed E-state index contributed by atoms with van der Waals surface area (Å²) < 4.78 is 0. The molecule has 8 heteroatoms. The number of carbonyl (C=O) groups is 2. The maximum Gasteiger partial charge on any atom is 0.241 e. The standard InChI is InChI=1S/C22H32N6O2/c1-2-27-19-15-16(6-7-17(19)28-18(22(27)30)8-10-24-28)21(29)26-13-11-25(12-14-26)20-5-3-4-9-23-20/h3-5,9,16-19,24H,2,6-8,10-15H2,1H3. The molecule has 30 heavy (non-hydrogen) atoms. The Hall–Kier alpha value is -2.19. The number of anilines is 1. The first-order chi connectivity index (χ1) is 14.7. The van der Waals surface area contributed by atoms with Gasteiger partial charge in [-0.2, -0.15) is 0 Å². The Morgan fingerprint density at radius 3 is 2.70 bits per heavy atom. The van der Waals surface area contributed by atoms with Crippen LogP contribution in [0.1, 0.15) is 32.6 Å². The number of piperazine rings is 2. The average molecular weight is 413 g/mol. The minimum absolute atomic E-state index is 0.0156. The average Bonchev–Trinajstić information content (AvgIpc) is 3.30. The van der Waals surface area contributed by atoms with Crippen molar-refractivity contribution in [1.29, 1.82) is 0 Å². The number of hydrogen-bond acceptors (Lipinski definition) is 6. The number of nitrogens with one attached hydrogen (secondary N) is 1. The zero-order chi connectivity index (χ0) is 20.7. The van der Waals surface area contributed by atoms with E-state index in [1.54, 1.807) is 0 Å². The molecule has 4 atom stereocenters. The molecule has 0 spiro atoms. The molecule has 0 radical (unpaired) electrons. The molecule has 4 fully saturated rings. The molecule has 5 rings (SSSR count). The van der Waals surface area contributed by atoms with E-state index in [2.05, 4.69) is 32.1 Å². The van der Waals surface area contributed by atoms with E-state index in [0.29, 0.717) is 6.04 Å². The number of fused-ring (bicyclic) bond motifs is 3. The van der Waals surface area contributed by atoms with Crippen molar-refractivity contribution in [3.63, 3.8) is 0 Å². The highest BCUT2D eigenvalue weighted by Crippen LogP contribution is 2.38. The Kier molecular flexibility index (Phi) is 5.37. The molecule has 1 N–H and O–H groups in total. The van der Waals surface area contributed by atoms with Crippen LogP contribution in [0.25, 0.3) is 0 Å². The fourth-order valence-corrected chi connectivity index (χ4v) is 5.89. The Morgan fingerprint density at radius 1 is 1.13 bits per heavy atom. The lowest BCUT2D eigenvalue weighted by Crippen LogP contribution is -2.68. The fraction of sp³-hybridized carbons (Fsp3) is 0.682. The summed E-state index contributed by atoms with van der Waals surface area (Å²) in [6, 6.07) is 6.41. The van der Waals surface area contributed by atoms with Crippen molar-refractivity contribution in [3.05, 3.63) is 24.4 Å². The number of hydrazine groups is 1. The van der Waals surface area contributed by atoms with E-state index in [0.717, 1.165) is 70.8 Å². The number of rotatable bonds is 3. The van der Waals surface area contributed by atoms with Crippen molar-refractivity contribution in [2.24, 2.45) is 5.92 Å². The third kappa shape index (κ3) is 3.36. The van der Waals surface area contributed by atoms with E-state index in [4.69, 9.17) is 0 Å². The van der Waals surface area contributed by atoms with E-state index in [-0.39, 0.29) is 29.8 Å². The summed E-state index contributed by atoms with van der Waals surface area (Å²) in [6.45, 7) is 6.79. The molecule has 0 bridgehead atoms. The van der Waals surface area contributed by atoms with E-state index in [9.17, 15) is 9.59 Å². The van der Waals surface area contributed by atoms with Gasteiger partial charge < -0.3 is 14.7 Å². The first-order valence-electron chi connectivity index (χ1n) is 11.4. The van der Waals surface area contributed by atoms with Crippen LogP contribution in [-0.2, 0) is 9.59 Å². The van der Waals surface area contributed by atoms with Crippen molar-refractivity contribution < 1.29 is 9.59 Å². The lowest BCUT2D eigenvalue weighted by molar-refractivity contribution is -0.157. The third-order valence-corrected chi connectivity index (χ3v) is 7.41. The molecule has 1 saturated carbocycles. The van der Waals surface area contributed by atoms with Gasteiger partial charge in [0.15, 0.2) is 0 Å². The molecule has 1 aromatic rings. The quantitative estimate of drug-likeness (QED) is 0.788. The highest BCUT2D eigenvalue weighted by atomic mass is 16.2. The Labute approximate surface area is 178 Å². The van der Waals surface area contributed by atoms with E-state index >= 15 is 0 Å². The molecular formula is C22H32N6O2. The molecule has 3 aliphatic heterocycles. The van der Waals surface area contributed by atoms with Crippen LogP contribution in [-0.4, -0.2) is 89.0 Å². The van der Waals surface area contributed by atoms with Crippen LogP contribution >= 0.6 is 0 Å². The molecular weight excluding hydrogens is 380 g/mol. The van der Waals surface area contributed by atoms with Crippen molar-refractivity contribution in [3.8, 4) is 0 Å². The molecule has 4 heterocycles. The highest BCUT2D eigenvalue weighted by molar-refractivity contribution is 5.84. The Morgan fingerprint density at radius 2 is 1.97 bits per heavy atom. The topological polar surface area (TPSA) is 72.0 Å². The summed E-state index contributed by atoms with van der Waals surface area (Å²) in [5.41, 5.74) is 3.44. The van der Waals surface area contributed by atoms with Crippen LogP contribution in [0.4, 0.5) is 5.82 Å². The van der Waals surface area contributed by atoms with Crippen LogP contribution in [0.15, 0.2) is 24.4 Å². The Balaban J connectivity index is 1.23. The maximum atomic E-state index is 13.3. The van der Waals surface area contributed by atoms with E-state index in [1.165, 1.54) is 0 Å². The van der Waals surface area contributed by atoms with Gasteiger partial charge in [-0.25, -0.2) is 9.99 Å². The number of hydrogen-bond donors (Lipinski definition) is 1. The summed E-state index contributed by atoms with van der Waals surface area (Å²) in [5, 5.41) is 2.21.